The second-order valence-electron chi connectivity index (χ2n) is 5.40. The second-order valence-corrected chi connectivity index (χ2v) is 5.40. The van der Waals surface area contributed by atoms with E-state index in [4.69, 9.17) is 4.74 Å². The zero-order valence-electron chi connectivity index (χ0n) is 13.6. The normalized spacial score (nSPS) is 10.8. The molecule has 0 atom stereocenters. The van der Waals surface area contributed by atoms with Gasteiger partial charge in [-0.2, -0.15) is 5.10 Å². The van der Waals surface area contributed by atoms with Crippen LogP contribution < -0.4 is 15.7 Å². The second kappa shape index (κ2) is 6.28. The van der Waals surface area contributed by atoms with Crippen LogP contribution in [0.2, 0.25) is 0 Å². The number of aromatic nitrogens is 5. The molecule has 0 aliphatic heterocycles. The van der Waals surface area contributed by atoms with E-state index >= 15 is 0 Å². The van der Waals surface area contributed by atoms with E-state index in [0.717, 1.165) is 17.5 Å². The fourth-order valence-electron chi connectivity index (χ4n) is 2.49. The topological polar surface area (TPSA) is 97.2 Å². The number of rotatable bonds is 4. The standard InChI is InChI=1S/C17H13FN6O2/c1-26-12-5-2-10(3-6-12)13-8-15-22-23-17(25)24(15)16(20-13)21-14-7-4-11(18)9-19-14/h2-9H,1H3,(H,23,25)(H,19,20,21). The van der Waals surface area contributed by atoms with Crippen LogP contribution in [0.4, 0.5) is 16.2 Å². The molecule has 2 N–H and O–H groups in total. The molecule has 0 amide bonds. The van der Waals surface area contributed by atoms with Crippen molar-refractivity contribution in [3.8, 4) is 17.0 Å². The fraction of sp³-hybridized carbons (Fsp3) is 0.0588. The van der Waals surface area contributed by atoms with Gasteiger partial charge in [-0.1, -0.05) is 0 Å². The van der Waals surface area contributed by atoms with Crippen molar-refractivity contribution in [2.75, 3.05) is 12.4 Å². The van der Waals surface area contributed by atoms with Gasteiger partial charge in [0.1, 0.15) is 17.4 Å². The molecular formula is C17H13FN6O2. The third-order valence-electron chi connectivity index (χ3n) is 3.76. The molecule has 8 nitrogen and oxygen atoms in total. The van der Waals surface area contributed by atoms with Crippen LogP contribution in [-0.2, 0) is 0 Å². The number of anilines is 2. The minimum absolute atomic E-state index is 0.214. The van der Waals surface area contributed by atoms with Crippen LogP contribution in [0.15, 0.2) is 53.5 Å². The minimum Gasteiger partial charge on any atom is -0.497 e. The van der Waals surface area contributed by atoms with E-state index in [0.29, 0.717) is 17.2 Å². The molecule has 0 radical (unpaired) electrons. The number of hydrogen-bond acceptors (Lipinski definition) is 6. The van der Waals surface area contributed by atoms with Crippen molar-refractivity contribution < 1.29 is 9.13 Å². The molecule has 3 heterocycles. The van der Waals surface area contributed by atoms with Crippen molar-refractivity contribution in [2.45, 2.75) is 0 Å². The van der Waals surface area contributed by atoms with Crippen LogP contribution in [0.5, 0.6) is 5.75 Å². The number of aromatic amines is 1. The van der Waals surface area contributed by atoms with Gasteiger partial charge in [0.15, 0.2) is 5.65 Å². The quantitative estimate of drug-likeness (QED) is 0.585. The van der Waals surface area contributed by atoms with Crippen LogP contribution in [-0.4, -0.2) is 31.7 Å². The van der Waals surface area contributed by atoms with Crippen LogP contribution in [0, 0.1) is 5.82 Å². The predicted octanol–water partition coefficient (Wildman–Crippen LogP) is 2.37. The van der Waals surface area contributed by atoms with E-state index in [2.05, 4.69) is 25.5 Å². The first-order chi connectivity index (χ1) is 12.6. The molecule has 4 aromatic rings. The summed E-state index contributed by atoms with van der Waals surface area (Å²) in [5.74, 6) is 0.826. The summed E-state index contributed by atoms with van der Waals surface area (Å²) >= 11 is 0. The number of nitrogens with zero attached hydrogens (tertiary/aromatic N) is 4. The highest BCUT2D eigenvalue weighted by molar-refractivity contribution is 5.67. The van der Waals surface area contributed by atoms with E-state index < -0.39 is 11.5 Å². The van der Waals surface area contributed by atoms with E-state index in [1.807, 2.05) is 24.3 Å². The minimum atomic E-state index is -0.457. The molecule has 0 saturated carbocycles. The van der Waals surface area contributed by atoms with E-state index in [9.17, 15) is 9.18 Å². The summed E-state index contributed by atoms with van der Waals surface area (Å²) in [6, 6.07) is 11.7. The van der Waals surface area contributed by atoms with E-state index in [1.54, 1.807) is 13.2 Å². The highest BCUT2D eigenvalue weighted by Crippen LogP contribution is 2.24. The van der Waals surface area contributed by atoms with Crippen molar-refractivity contribution >= 4 is 17.4 Å². The Morgan fingerprint density at radius 3 is 2.69 bits per heavy atom. The molecule has 1 aromatic carbocycles. The average molecular weight is 352 g/mol. The summed E-state index contributed by atoms with van der Waals surface area (Å²) in [6.07, 6.45) is 1.07. The van der Waals surface area contributed by atoms with Crippen LogP contribution in [0.3, 0.4) is 0 Å². The van der Waals surface area contributed by atoms with Crippen LogP contribution in [0.1, 0.15) is 0 Å². The van der Waals surface area contributed by atoms with Crippen molar-refractivity contribution in [3.63, 3.8) is 0 Å². The van der Waals surface area contributed by atoms with Gasteiger partial charge < -0.3 is 10.1 Å². The summed E-state index contributed by atoms with van der Waals surface area (Å²) in [7, 11) is 1.59. The molecule has 0 aliphatic carbocycles. The summed E-state index contributed by atoms with van der Waals surface area (Å²) in [5.41, 5.74) is 1.36. The molecule has 0 fully saturated rings. The predicted molar refractivity (Wildman–Crippen MR) is 93.1 cm³/mol. The van der Waals surface area contributed by atoms with Gasteiger partial charge in [0.05, 0.1) is 19.0 Å². The number of ether oxygens (including phenoxy) is 1. The number of nitrogens with one attached hydrogen (secondary N) is 2. The van der Waals surface area contributed by atoms with Gasteiger partial charge in [-0.3, -0.25) is 0 Å². The SMILES string of the molecule is COc1ccc(-c2cc3n[nH]c(=O)n3c(Nc3ccc(F)cn3)n2)cc1. The van der Waals surface area contributed by atoms with Gasteiger partial charge in [-0.15, -0.1) is 0 Å². The van der Waals surface area contributed by atoms with Gasteiger partial charge in [0.25, 0.3) is 0 Å². The fourth-order valence-corrected chi connectivity index (χ4v) is 2.49. The molecule has 3 aromatic heterocycles. The van der Waals surface area contributed by atoms with Gasteiger partial charge in [-0.25, -0.2) is 28.7 Å². The zero-order valence-corrected chi connectivity index (χ0v) is 13.6. The van der Waals surface area contributed by atoms with Crippen LogP contribution >= 0.6 is 0 Å². The maximum atomic E-state index is 13.1. The number of fused-ring (bicyclic) bond motifs is 1. The lowest BCUT2D eigenvalue weighted by Crippen LogP contribution is -2.15. The Bertz CT molecular complexity index is 1120. The Morgan fingerprint density at radius 2 is 2.00 bits per heavy atom. The molecule has 26 heavy (non-hydrogen) atoms. The molecular weight excluding hydrogens is 339 g/mol. The van der Waals surface area contributed by atoms with Crippen molar-refractivity contribution in [1.82, 2.24) is 24.6 Å². The first kappa shape index (κ1) is 15.8. The number of methoxy groups -OCH3 is 1. The lowest BCUT2D eigenvalue weighted by Gasteiger charge is -2.09. The summed E-state index contributed by atoms with van der Waals surface area (Å²) in [5, 5.41) is 9.30. The van der Waals surface area contributed by atoms with E-state index in [1.165, 1.54) is 16.5 Å². The highest BCUT2D eigenvalue weighted by Gasteiger charge is 2.12. The molecule has 9 heteroatoms. The smallest absolute Gasteiger partial charge is 0.350 e. The third-order valence-corrected chi connectivity index (χ3v) is 3.76. The van der Waals surface area contributed by atoms with Gasteiger partial charge in [0, 0.05) is 11.6 Å². The number of pyridine rings is 1. The molecule has 0 saturated heterocycles. The molecule has 0 spiro atoms. The molecule has 0 unspecified atom stereocenters. The number of benzene rings is 1. The lowest BCUT2D eigenvalue weighted by atomic mass is 10.1. The average Bonchev–Trinajstić information content (AvgIpc) is 3.05. The Morgan fingerprint density at radius 1 is 1.19 bits per heavy atom. The first-order valence-electron chi connectivity index (χ1n) is 7.65. The number of halogens is 1. The summed E-state index contributed by atoms with van der Waals surface area (Å²) in [6.45, 7) is 0. The molecule has 0 aliphatic rings. The van der Waals surface area contributed by atoms with E-state index in [-0.39, 0.29) is 5.95 Å². The summed E-state index contributed by atoms with van der Waals surface area (Å²) in [4.78, 5) is 20.5. The Kier molecular flexibility index (Phi) is 3.81. The maximum Gasteiger partial charge on any atom is 0.350 e. The van der Waals surface area contributed by atoms with Gasteiger partial charge in [-0.05, 0) is 36.4 Å². The summed E-state index contributed by atoms with van der Waals surface area (Å²) < 4.78 is 19.5. The van der Waals surface area contributed by atoms with Crippen molar-refractivity contribution in [1.29, 1.82) is 0 Å². The van der Waals surface area contributed by atoms with Crippen molar-refractivity contribution in [2.24, 2.45) is 0 Å². The van der Waals surface area contributed by atoms with Crippen LogP contribution in [0.25, 0.3) is 16.9 Å². The zero-order chi connectivity index (χ0) is 18.1. The molecule has 4 rings (SSSR count). The Balaban J connectivity index is 1.82. The first-order valence-corrected chi connectivity index (χ1v) is 7.65. The van der Waals surface area contributed by atoms with Crippen molar-refractivity contribution in [3.05, 3.63) is 65.0 Å². The number of H-pyrrole nitrogens is 1. The van der Waals surface area contributed by atoms with Gasteiger partial charge in [0.2, 0.25) is 5.95 Å². The third kappa shape index (κ3) is 2.86. The largest absolute Gasteiger partial charge is 0.497 e. The lowest BCUT2D eigenvalue weighted by molar-refractivity contribution is 0.415. The highest BCUT2D eigenvalue weighted by atomic mass is 19.1. The molecule has 130 valence electrons. The Labute approximate surface area is 146 Å². The van der Waals surface area contributed by atoms with Gasteiger partial charge >= 0.3 is 5.69 Å². The molecule has 0 bridgehead atoms. The number of hydrogen-bond donors (Lipinski definition) is 2. The Hall–Kier alpha value is -3.75. The monoisotopic (exact) mass is 352 g/mol. The maximum absolute atomic E-state index is 13.1.